The van der Waals surface area contributed by atoms with Gasteiger partial charge in [0.05, 0.1) is 27.2 Å². The molecular weight excluding hydrogens is 296 g/mol. The van der Waals surface area contributed by atoms with Crippen LogP contribution in [0.4, 0.5) is 0 Å². The normalized spacial score (nSPS) is 11.3. The molecule has 2 heterocycles. The van der Waals surface area contributed by atoms with Gasteiger partial charge < -0.3 is 0 Å². The average Bonchev–Trinajstić information content (AvgIpc) is 3.11. The van der Waals surface area contributed by atoms with Crippen LogP contribution in [0.5, 0.6) is 0 Å². The molecule has 0 N–H and O–H groups in total. The van der Waals surface area contributed by atoms with Crippen molar-refractivity contribution in [3.05, 3.63) is 24.8 Å². The van der Waals surface area contributed by atoms with Gasteiger partial charge in [-0.25, -0.2) is 18.3 Å². The van der Waals surface area contributed by atoms with Gasteiger partial charge >= 0.3 is 11.6 Å². The SMILES string of the molecule is CCCCCCCCn1cc[n+](C)c1-c1n(CCCC)cc[n+]1C. The van der Waals surface area contributed by atoms with E-state index in [1.165, 1.54) is 63.0 Å². The minimum Gasteiger partial charge on any atom is -0.226 e. The molecule has 0 aliphatic heterocycles. The second kappa shape index (κ2) is 9.65. The van der Waals surface area contributed by atoms with Crippen LogP contribution in [-0.4, -0.2) is 9.13 Å². The molecule has 2 aromatic heterocycles. The van der Waals surface area contributed by atoms with Crippen molar-refractivity contribution in [3.8, 4) is 11.6 Å². The van der Waals surface area contributed by atoms with E-state index in [0.29, 0.717) is 0 Å². The Hall–Kier alpha value is -1.58. The van der Waals surface area contributed by atoms with Crippen LogP contribution in [0.2, 0.25) is 0 Å². The zero-order valence-corrected chi connectivity index (χ0v) is 16.2. The van der Waals surface area contributed by atoms with Gasteiger partial charge in [-0.05, 0) is 19.3 Å². The molecule has 2 aromatic rings. The van der Waals surface area contributed by atoms with Crippen LogP contribution in [0, 0.1) is 0 Å². The van der Waals surface area contributed by atoms with E-state index >= 15 is 0 Å². The van der Waals surface area contributed by atoms with Gasteiger partial charge in [-0.2, -0.15) is 0 Å². The minimum absolute atomic E-state index is 1.09. The van der Waals surface area contributed by atoms with Crippen molar-refractivity contribution in [2.75, 3.05) is 0 Å². The third-order valence-corrected chi connectivity index (χ3v) is 4.86. The Morgan fingerprint density at radius 2 is 1.12 bits per heavy atom. The Bertz CT molecular complexity index is 609. The van der Waals surface area contributed by atoms with Gasteiger partial charge in [0.15, 0.2) is 0 Å². The van der Waals surface area contributed by atoms with Gasteiger partial charge in [0.1, 0.15) is 24.8 Å². The Labute approximate surface area is 147 Å². The highest BCUT2D eigenvalue weighted by Crippen LogP contribution is 2.15. The van der Waals surface area contributed by atoms with Crippen molar-refractivity contribution in [1.29, 1.82) is 0 Å². The van der Waals surface area contributed by atoms with Crippen molar-refractivity contribution < 1.29 is 9.13 Å². The molecule has 0 fully saturated rings. The van der Waals surface area contributed by atoms with Crippen molar-refractivity contribution in [3.63, 3.8) is 0 Å². The van der Waals surface area contributed by atoms with E-state index in [0.717, 1.165) is 13.1 Å². The molecule has 4 nitrogen and oxygen atoms in total. The maximum absolute atomic E-state index is 2.43. The molecule has 0 bridgehead atoms. The quantitative estimate of drug-likeness (QED) is 0.440. The van der Waals surface area contributed by atoms with Crippen LogP contribution >= 0.6 is 0 Å². The van der Waals surface area contributed by atoms with Crippen LogP contribution in [-0.2, 0) is 27.2 Å². The van der Waals surface area contributed by atoms with Crippen LogP contribution in [0.3, 0.4) is 0 Å². The predicted molar refractivity (Wildman–Crippen MR) is 98.5 cm³/mol. The van der Waals surface area contributed by atoms with Gasteiger partial charge in [0, 0.05) is 0 Å². The fourth-order valence-corrected chi connectivity index (χ4v) is 3.37. The first-order valence-electron chi connectivity index (χ1n) is 9.78. The molecule has 0 atom stereocenters. The molecular formula is C20H36N4+2. The summed E-state index contributed by atoms with van der Waals surface area (Å²) in [5, 5.41) is 0. The maximum atomic E-state index is 2.43. The van der Waals surface area contributed by atoms with E-state index in [-0.39, 0.29) is 0 Å². The summed E-state index contributed by atoms with van der Waals surface area (Å²) in [4.78, 5) is 0. The molecule has 0 aliphatic carbocycles. The molecule has 0 saturated carbocycles. The summed E-state index contributed by atoms with van der Waals surface area (Å²) in [5.41, 5.74) is 0. The van der Waals surface area contributed by atoms with Gasteiger partial charge in [-0.3, -0.25) is 0 Å². The Morgan fingerprint density at radius 3 is 1.67 bits per heavy atom. The molecule has 0 amide bonds. The Balaban J connectivity index is 2.08. The molecule has 4 heteroatoms. The number of hydrogen-bond acceptors (Lipinski definition) is 0. The third-order valence-electron chi connectivity index (χ3n) is 4.86. The second-order valence-electron chi connectivity index (χ2n) is 6.97. The first kappa shape index (κ1) is 18.8. The van der Waals surface area contributed by atoms with Crippen molar-refractivity contribution in [2.45, 2.75) is 78.3 Å². The minimum atomic E-state index is 1.09. The molecule has 0 radical (unpaired) electrons. The number of aromatic nitrogens is 4. The summed E-state index contributed by atoms with van der Waals surface area (Å²) in [6.45, 7) is 6.74. The summed E-state index contributed by atoms with van der Waals surface area (Å²) in [6.07, 6.45) is 19.3. The monoisotopic (exact) mass is 332 g/mol. The van der Waals surface area contributed by atoms with E-state index in [2.05, 4.69) is 71.0 Å². The van der Waals surface area contributed by atoms with Crippen LogP contribution in [0.15, 0.2) is 24.8 Å². The van der Waals surface area contributed by atoms with E-state index < -0.39 is 0 Å². The molecule has 24 heavy (non-hydrogen) atoms. The first-order valence-corrected chi connectivity index (χ1v) is 9.78. The topological polar surface area (TPSA) is 17.6 Å². The second-order valence-corrected chi connectivity index (χ2v) is 6.97. The fourth-order valence-electron chi connectivity index (χ4n) is 3.37. The van der Waals surface area contributed by atoms with E-state index in [9.17, 15) is 0 Å². The molecule has 134 valence electrons. The van der Waals surface area contributed by atoms with Gasteiger partial charge in [0.2, 0.25) is 0 Å². The van der Waals surface area contributed by atoms with Crippen molar-refractivity contribution in [1.82, 2.24) is 9.13 Å². The van der Waals surface area contributed by atoms with Gasteiger partial charge in [0.25, 0.3) is 0 Å². The molecule has 0 aromatic carbocycles. The number of hydrogen-bond donors (Lipinski definition) is 0. The van der Waals surface area contributed by atoms with Crippen molar-refractivity contribution in [2.24, 2.45) is 14.1 Å². The third kappa shape index (κ3) is 4.71. The molecule has 0 aliphatic rings. The van der Waals surface area contributed by atoms with Crippen LogP contribution in [0.1, 0.15) is 65.2 Å². The van der Waals surface area contributed by atoms with E-state index in [4.69, 9.17) is 0 Å². The highest BCUT2D eigenvalue weighted by Gasteiger charge is 2.29. The maximum Gasteiger partial charge on any atom is 0.373 e. The summed E-state index contributed by atoms with van der Waals surface area (Å²) in [5.74, 6) is 2.62. The van der Waals surface area contributed by atoms with E-state index in [1.807, 2.05) is 0 Å². The average molecular weight is 333 g/mol. The van der Waals surface area contributed by atoms with Gasteiger partial charge in [-0.15, -0.1) is 0 Å². The lowest BCUT2D eigenvalue weighted by Gasteiger charge is -2.04. The fraction of sp³-hybridized carbons (Fsp3) is 0.700. The molecule has 0 spiro atoms. The summed E-state index contributed by atoms with van der Waals surface area (Å²) in [6, 6.07) is 0. The molecule has 0 unspecified atom stereocenters. The zero-order valence-electron chi connectivity index (χ0n) is 16.2. The number of rotatable bonds is 11. The number of imidazole rings is 2. The number of nitrogens with zero attached hydrogens (tertiary/aromatic N) is 4. The highest BCUT2D eigenvalue weighted by atomic mass is 15.2. The molecule has 2 rings (SSSR count). The van der Waals surface area contributed by atoms with E-state index in [1.54, 1.807) is 0 Å². The molecule has 0 saturated heterocycles. The largest absolute Gasteiger partial charge is 0.373 e. The number of unbranched alkanes of at least 4 members (excludes halogenated alkanes) is 6. The number of aryl methyl sites for hydroxylation is 4. The summed E-state index contributed by atoms with van der Waals surface area (Å²) < 4.78 is 9.34. The van der Waals surface area contributed by atoms with Crippen LogP contribution in [0.25, 0.3) is 11.6 Å². The van der Waals surface area contributed by atoms with Crippen molar-refractivity contribution >= 4 is 0 Å². The first-order chi connectivity index (χ1) is 11.7. The lowest BCUT2D eigenvalue weighted by Crippen LogP contribution is -2.38. The van der Waals surface area contributed by atoms with Crippen LogP contribution < -0.4 is 9.13 Å². The van der Waals surface area contributed by atoms with Gasteiger partial charge in [-0.1, -0.05) is 46.0 Å². The summed E-state index contributed by atoms with van der Waals surface area (Å²) >= 11 is 0. The highest BCUT2D eigenvalue weighted by molar-refractivity contribution is 5.36. The smallest absolute Gasteiger partial charge is 0.226 e. The zero-order chi connectivity index (χ0) is 17.4. The Morgan fingerprint density at radius 1 is 0.667 bits per heavy atom. The lowest BCUT2D eigenvalue weighted by molar-refractivity contribution is -0.690. The standard InChI is InChI=1S/C20H36N4/c1-5-7-9-10-11-12-14-24-18-16-22(4)20(24)19-21(3)15-17-23(19)13-8-6-2/h15-18H,5-14H2,1-4H3/q+2. The Kier molecular flexibility index (Phi) is 7.54. The predicted octanol–water partition coefficient (Wildman–Crippen LogP) is 3.77. The lowest BCUT2D eigenvalue weighted by atomic mass is 10.1. The summed E-state index contributed by atoms with van der Waals surface area (Å²) in [7, 11) is 4.31.